The van der Waals surface area contributed by atoms with Crippen LogP contribution in [0, 0.1) is 5.92 Å². The van der Waals surface area contributed by atoms with Gasteiger partial charge in [-0.15, -0.1) is 0 Å². The number of hydrogen-bond acceptors (Lipinski definition) is 2. The maximum Gasteiger partial charge on any atom is 0.0509 e. The lowest BCUT2D eigenvalue weighted by Gasteiger charge is -2.19. The minimum atomic E-state index is 0.561. The van der Waals surface area contributed by atoms with Gasteiger partial charge >= 0.3 is 0 Å². The molecule has 13 heavy (non-hydrogen) atoms. The highest BCUT2D eigenvalue weighted by Crippen LogP contribution is 2.16. The molecule has 1 aliphatic rings. The van der Waals surface area contributed by atoms with Gasteiger partial charge in [0.25, 0.3) is 0 Å². The summed E-state index contributed by atoms with van der Waals surface area (Å²) in [7, 11) is 0. The molecule has 0 spiro atoms. The molecule has 0 amide bonds. The van der Waals surface area contributed by atoms with Crippen LogP contribution < -0.4 is 5.32 Å². The average molecular weight is 183 g/mol. The Hall–Kier alpha value is -0.340. The average Bonchev–Trinajstić information content (AvgIpc) is 2.66. The highest BCUT2D eigenvalue weighted by atomic mass is 16.5. The summed E-state index contributed by atoms with van der Waals surface area (Å²) < 4.78 is 5.35. The highest BCUT2D eigenvalue weighted by molar-refractivity contribution is 4.96. The maximum absolute atomic E-state index is 5.35. The van der Waals surface area contributed by atoms with Gasteiger partial charge in [0.1, 0.15) is 0 Å². The number of hydrogen-bond donors (Lipinski definition) is 1. The molecule has 2 unspecified atom stereocenters. The fourth-order valence-corrected chi connectivity index (χ4v) is 1.54. The van der Waals surface area contributed by atoms with Crippen LogP contribution in [-0.2, 0) is 4.74 Å². The van der Waals surface area contributed by atoms with Gasteiger partial charge in [-0.25, -0.2) is 0 Å². The normalized spacial score (nSPS) is 24.6. The molecule has 2 heteroatoms. The third-order valence-electron chi connectivity index (χ3n) is 2.85. The predicted molar refractivity (Wildman–Crippen MR) is 55.8 cm³/mol. The van der Waals surface area contributed by atoms with Crippen molar-refractivity contribution in [1.82, 2.24) is 5.32 Å². The minimum absolute atomic E-state index is 0.561. The van der Waals surface area contributed by atoms with Crippen molar-refractivity contribution in [2.75, 3.05) is 19.8 Å². The van der Waals surface area contributed by atoms with Crippen LogP contribution in [0.4, 0.5) is 0 Å². The molecular formula is C11H21NO. The maximum atomic E-state index is 5.35. The van der Waals surface area contributed by atoms with Crippen LogP contribution in [0.2, 0.25) is 0 Å². The second kappa shape index (κ2) is 5.40. The van der Waals surface area contributed by atoms with Crippen molar-refractivity contribution in [2.24, 2.45) is 5.92 Å². The van der Waals surface area contributed by atoms with Crippen LogP contribution in [0.3, 0.4) is 0 Å². The van der Waals surface area contributed by atoms with Crippen molar-refractivity contribution in [2.45, 2.75) is 32.7 Å². The van der Waals surface area contributed by atoms with E-state index in [0.717, 1.165) is 26.2 Å². The van der Waals surface area contributed by atoms with Gasteiger partial charge in [0, 0.05) is 19.2 Å². The third kappa shape index (κ3) is 3.49. The van der Waals surface area contributed by atoms with Gasteiger partial charge in [-0.1, -0.05) is 19.1 Å². The summed E-state index contributed by atoms with van der Waals surface area (Å²) in [5.41, 5.74) is 1.28. The van der Waals surface area contributed by atoms with Crippen molar-refractivity contribution in [1.29, 1.82) is 0 Å². The molecule has 0 bridgehead atoms. The zero-order valence-electron chi connectivity index (χ0n) is 8.81. The molecule has 1 saturated heterocycles. The summed E-state index contributed by atoms with van der Waals surface area (Å²) >= 11 is 0. The molecule has 1 fully saturated rings. The fraction of sp³-hybridized carbons (Fsp3) is 0.818. The molecule has 76 valence electrons. The van der Waals surface area contributed by atoms with E-state index >= 15 is 0 Å². The van der Waals surface area contributed by atoms with Crippen LogP contribution in [0.25, 0.3) is 0 Å². The second-order valence-corrected chi connectivity index (χ2v) is 3.90. The summed E-state index contributed by atoms with van der Waals surface area (Å²) in [6.45, 7) is 11.2. The number of rotatable bonds is 5. The summed E-state index contributed by atoms with van der Waals surface area (Å²) in [4.78, 5) is 0. The Morgan fingerprint density at radius 1 is 1.69 bits per heavy atom. The van der Waals surface area contributed by atoms with Gasteiger partial charge in [0.15, 0.2) is 0 Å². The molecule has 1 heterocycles. The van der Waals surface area contributed by atoms with Crippen LogP contribution in [0.1, 0.15) is 26.7 Å². The van der Waals surface area contributed by atoms with E-state index < -0.39 is 0 Å². The molecule has 1 N–H and O–H groups in total. The SMILES string of the molecule is C=C(CC)CNC(C)C1CCOC1. The first-order valence-corrected chi connectivity index (χ1v) is 5.21. The van der Waals surface area contributed by atoms with Crippen molar-refractivity contribution in [3.05, 3.63) is 12.2 Å². The molecule has 2 atom stereocenters. The molecule has 0 radical (unpaired) electrons. The van der Waals surface area contributed by atoms with E-state index in [-0.39, 0.29) is 0 Å². The van der Waals surface area contributed by atoms with Gasteiger partial charge in [-0.05, 0) is 25.7 Å². The first kappa shape index (κ1) is 10.7. The monoisotopic (exact) mass is 183 g/mol. The van der Waals surface area contributed by atoms with E-state index in [1.54, 1.807) is 0 Å². The summed E-state index contributed by atoms with van der Waals surface area (Å²) in [5.74, 6) is 0.699. The first-order chi connectivity index (χ1) is 6.24. The molecule has 0 aromatic carbocycles. The molecule has 0 aromatic heterocycles. The van der Waals surface area contributed by atoms with E-state index in [1.165, 1.54) is 12.0 Å². The van der Waals surface area contributed by atoms with E-state index in [9.17, 15) is 0 Å². The van der Waals surface area contributed by atoms with E-state index in [2.05, 4.69) is 25.7 Å². The molecule has 2 nitrogen and oxygen atoms in total. The third-order valence-corrected chi connectivity index (χ3v) is 2.85. The molecule has 1 rings (SSSR count). The van der Waals surface area contributed by atoms with Gasteiger partial charge in [0.2, 0.25) is 0 Å². The largest absolute Gasteiger partial charge is 0.381 e. The quantitative estimate of drug-likeness (QED) is 0.658. The Balaban J connectivity index is 2.16. The smallest absolute Gasteiger partial charge is 0.0509 e. The lowest BCUT2D eigenvalue weighted by atomic mass is 10.0. The van der Waals surface area contributed by atoms with Gasteiger partial charge < -0.3 is 10.1 Å². The van der Waals surface area contributed by atoms with Crippen molar-refractivity contribution >= 4 is 0 Å². The Labute approximate surface area is 81.4 Å². The molecule has 0 aromatic rings. The van der Waals surface area contributed by atoms with E-state index in [4.69, 9.17) is 4.74 Å². The summed E-state index contributed by atoms with van der Waals surface area (Å²) in [6.07, 6.45) is 2.27. The van der Waals surface area contributed by atoms with E-state index in [1.807, 2.05) is 0 Å². The standard InChI is InChI=1S/C11H21NO/c1-4-9(2)7-12-10(3)11-5-6-13-8-11/h10-12H,2,4-8H2,1,3H3. The van der Waals surface area contributed by atoms with Crippen LogP contribution in [0.5, 0.6) is 0 Å². The highest BCUT2D eigenvalue weighted by Gasteiger charge is 2.21. The van der Waals surface area contributed by atoms with Crippen LogP contribution >= 0.6 is 0 Å². The lowest BCUT2D eigenvalue weighted by molar-refractivity contribution is 0.179. The lowest BCUT2D eigenvalue weighted by Crippen LogP contribution is -2.34. The first-order valence-electron chi connectivity index (χ1n) is 5.21. The topological polar surface area (TPSA) is 21.3 Å². The Bertz CT molecular complexity index is 161. The number of ether oxygens (including phenoxy) is 1. The van der Waals surface area contributed by atoms with Crippen molar-refractivity contribution in [3.8, 4) is 0 Å². The predicted octanol–water partition coefficient (Wildman–Crippen LogP) is 1.97. The minimum Gasteiger partial charge on any atom is -0.381 e. The second-order valence-electron chi connectivity index (χ2n) is 3.90. The van der Waals surface area contributed by atoms with Crippen LogP contribution in [-0.4, -0.2) is 25.8 Å². The summed E-state index contributed by atoms with van der Waals surface area (Å²) in [6, 6.07) is 0.561. The van der Waals surface area contributed by atoms with Gasteiger partial charge in [0.05, 0.1) is 6.61 Å². The molecule has 1 aliphatic heterocycles. The van der Waals surface area contributed by atoms with Crippen molar-refractivity contribution < 1.29 is 4.74 Å². The zero-order chi connectivity index (χ0) is 9.68. The molecule has 0 aliphatic carbocycles. The van der Waals surface area contributed by atoms with Crippen molar-refractivity contribution in [3.63, 3.8) is 0 Å². The zero-order valence-corrected chi connectivity index (χ0v) is 8.81. The Morgan fingerprint density at radius 3 is 3.00 bits per heavy atom. The fourth-order valence-electron chi connectivity index (χ4n) is 1.54. The molecule has 0 saturated carbocycles. The van der Waals surface area contributed by atoms with E-state index in [0.29, 0.717) is 12.0 Å². The van der Waals surface area contributed by atoms with Gasteiger partial charge in [-0.2, -0.15) is 0 Å². The summed E-state index contributed by atoms with van der Waals surface area (Å²) in [5, 5.41) is 3.50. The Morgan fingerprint density at radius 2 is 2.46 bits per heavy atom. The van der Waals surface area contributed by atoms with Crippen LogP contribution in [0.15, 0.2) is 12.2 Å². The van der Waals surface area contributed by atoms with Gasteiger partial charge in [-0.3, -0.25) is 0 Å². The number of nitrogens with one attached hydrogen (secondary N) is 1. The molecular weight excluding hydrogens is 162 g/mol. The Kier molecular flexibility index (Phi) is 4.46.